The minimum atomic E-state index is -4.27. The van der Waals surface area contributed by atoms with Gasteiger partial charge in [-0.25, -0.2) is 13.4 Å². The highest BCUT2D eigenvalue weighted by atomic mass is 35.5. The van der Waals surface area contributed by atoms with Crippen molar-refractivity contribution < 1.29 is 23.1 Å². The number of carbonyl (C=O) groups is 1. The van der Waals surface area contributed by atoms with Crippen molar-refractivity contribution in [2.75, 3.05) is 42.1 Å². The van der Waals surface area contributed by atoms with Crippen LogP contribution in [-0.2, 0) is 19.6 Å². The zero-order valence-corrected chi connectivity index (χ0v) is 21.7. The second kappa shape index (κ2) is 10.2. The van der Waals surface area contributed by atoms with Gasteiger partial charge in [0.25, 0.3) is 10.0 Å². The summed E-state index contributed by atoms with van der Waals surface area (Å²) >= 11 is 12.0. The Kier molecular flexibility index (Phi) is 7.00. The first kappa shape index (κ1) is 25.3. The number of rotatable bonds is 7. The van der Waals surface area contributed by atoms with E-state index in [1.165, 1.54) is 18.2 Å². The molecule has 1 N–H and O–H groups in total. The summed E-state index contributed by atoms with van der Waals surface area (Å²) in [6, 6.07) is 14.5. The molecule has 0 atom stereocenters. The lowest BCUT2D eigenvalue weighted by Gasteiger charge is -2.28. The number of hydrogen-bond acceptors (Lipinski definition) is 6. The lowest BCUT2D eigenvalue weighted by atomic mass is 10.2. The van der Waals surface area contributed by atoms with E-state index in [4.69, 9.17) is 27.9 Å². The lowest BCUT2D eigenvalue weighted by molar-refractivity contribution is -0.135. The van der Waals surface area contributed by atoms with E-state index in [2.05, 4.69) is 9.88 Å². The predicted octanol–water partition coefficient (Wildman–Crippen LogP) is 4.45. The van der Waals surface area contributed by atoms with Gasteiger partial charge in [0.05, 0.1) is 41.2 Å². The Morgan fingerprint density at radius 1 is 1.03 bits per heavy atom. The number of halogens is 2. The van der Waals surface area contributed by atoms with Crippen LogP contribution in [0.1, 0.15) is 0 Å². The van der Waals surface area contributed by atoms with Crippen LogP contribution in [0.15, 0.2) is 71.9 Å². The highest BCUT2D eigenvalue weighted by Crippen LogP contribution is 2.31. The Balaban J connectivity index is 1.49. The minimum Gasteiger partial charge on any atom is -0.480 e. The summed E-state index contributed by atoms with van der Waals surface area (Å²) in [5, 5.41) is 10.4. The molecule has 2 aromatic heterocycles. The highest BCUT2D eigenvalue weighted by Gasteiger charge is 2.28. The van der Waals surface area contributed by atoms with E-state index in [1.54, 1.807) is 18.2 Å². The maximum atomic E-state index is 13.4. The van der Waals surface area contributed by atoms with Crippen molar-refractivity contribution in [1.29, 1.82) is 0 Å². The molecule has 12 heteroatoms. The normalized spacial score (nSPS) is 14.2. The number of benzene rings is 2. The molecular formula is C25H22Cl2N4O5S. The van der Waals surface area contributed by atoms with Gasteiger partial charge in [0.2, 0.25) is 0 Å². The number of carboxylic acids is 1. The van der Waals surface area contributed by atoms with Crippen molar-refractivity contribution >= 4 is 61.5 Å². The van der Waals surface area contributed by atoms with E-state index in [1.807, 2.05) is 35.2 Å². The van der Waals surface area contributed by atoms with Crippen LogP contribution in [0.5, 0.6) is 0 Å². The molecule has 0 radical (unpaired) electrons. The topological polar surface area (TPSA) is 105 Å². The number of morpholine rings is 1. The van der Waals surface area contributed by atoms with Crippen LogP contribution < -0.4 is 9.21 Å². The first-order valence-electron chi connectivity index (χ1n) is 11.3. The monoisotopic (exact) mass is 560 g/mol. The van der Waals surface area contributed by atoms with Crippen molar-refractivity contribution in [2.45, 2.75) is 4.90 Å². The Morgan fingerprint density at radius 2 is 1.76 bits per heavy atom. The number of sulfonamides is 1. The molecule has 37 heavy (non-hydrogen) atoms. The molecule has 2 aromatic carbocycles. The summed E-state index contributed by atoms with van der Waals surface area (Å²) in [6.45, 7) is 2.22. The van der Waals surface area contributed by atoms with Gasteiger partial charge in [0.15, 0.2) is 0 Å². The van der Waals surface area contributed by atoms with Crippen molar-refractivity contribution in [2.24, 2.45) is 0 Å². The second-order valence-corrected chi connectivity index (χ2v) is 11.1. The molecule has 1 fully saturated rings. The van der Waals surface area contributed by atoms with Gasteiger partial charge in [-0.1, -0.05) is 23.2 Å². The average Bonchev–Trinajstić information content (AvgIpc) is 3.30. The number of nitrogens with zero attached hydrogens (tertiary/aromatic N) is 4. The van der Waals surface area contributed by atoms with Gasteiger partial charge in [0, 0.05) is 34.7 Å². The largest absolute Gasteiger partial charge is 0.480 e. The molecule has 192 valence electrons. The molecule has 0 amide bonds. The van der Waals surface area contributed by atoms with E-state index in [0.717, 1.165) is 28.6 Å². The van der Waals surface area contributed by atoms with Crippen LogP contribution in [0.25, 0.3) is 16.7 Å². The zero-order chi connectivity index (χ0) is 26.2. The van der Waals surface area contributed by atoms with E-state index >= 15 is 0 Å². The van der Waals surface area contributed by atoms with E-state index in [-0.39, 0.29) is 20.6 Å². The number of ether oxygens (including phenoxy) is 1. The van der Waals surface area contributed by atoms with Crippen LogP contribution in [0.2, 0.25) is 10.0 Å². The molecule has 0 bridgehead atoms. The summed E-state index contributed by atoms with van der Waals surface area (Å²) in [5.41, 5.74) is 2.00. The molecule has 1 saturated heterocycles. The maximum absolute atomic E-state index is 13.4. The van der Waals surface area contributed by atoms with Crippen LogP contribution in [0.4, 0.5) is 11.4 Å². The van der Waals surface area contributed by atoms with E-state index in [9.17, 15) is 18.3 Å². The summed E-state index contributed by atoms with van der Waals surface area (Å²) in [4.78, 5) is 18.2. The van der Waals surface area contributed by atoms with Gasteiger partial charge in [-0.05, 0) is 54.6 Å². The maximum Gasteiger partial charge on any atom is 0.324 e. The van der Waals surface area contributed by atoms with Gasteiger partial charge in [0.1, 0.15) is 12.4 Å². The Bertz CT molecular complexity index is 1550. The average molecular weight is 561 g/mol. The molecule has 1 aliphatic heterocycles. The standard InChI is InChI=1S/C25H22Cl2N4O5S/c26-18-12-19(27)14-22(13-18)37(34,35)31(16-25(32)33)20-1-3-23-17(11-20)5-6-30(23)24-4-2-21(15-28-24)29-7-9-36-10-8-29/h1-6,11-15H,7-10,16H2,(H,32,33). The molecule has 4 aromatic rings. The summed E-state index contributed by atoms with van der Waals surface area (Å²) in [6.07, 6.45) is 3.65. The van der Waals surface area contributed by atoms with Crippen molar-refractivity contribution in [1.82, 2.24) is 9.55 Å². The molecule has 0 aliphatic carbocycles. The summed E-state index contributed by atoms with van der Waals surface area (Å²) in [5.74, 6) is -0.609. The first-order chi connectivity index (χ1) is 17.7. The molecule has 1 aliphatic rings. The fraction of sp³-hybridized carbons (Fsp3) is 0.200. The molecule has 3 heterocycles. The third-order valence-electron chi connectivity index (χ3n) is 6.02. The Labute approximate surface area is 223 Å². The molecule has 0 saturated carbocycles. The SMILES string of the molecule is O=C(O)CN(c1ccc2c(ccn2-c2ccc(N3CCOCC3)cn2)c1)S(=O)(=O)c1cc(Cl)cc(Cl)c1. The minimum absolute atomic E-state index is 0.126. The van der Waals surface area contributed by atoms with Crippen molar-refractivity contribution in [3.8, 4) is 5.82 Å². The van der Waals surface area contributed by atoms with Gasteiger partial charge in [-0.15, -0.1) is 0 Å². The number of hydrogen-bond donors (Lipinski definition) is 1. The number of aromatic nitrogens is 2. The van der Waals surface area contributed by atoms with Gasteiger partial charge in [-0.3, -0.25) is 9.10 Å². The zero-order valence-electron chi connectivity index (χ0n) is 19.4. The molecule has 0 spiro atoms. The third-order valence-corrected chi connectivity index (χ3v) is 8.21. The second-order valence-electron chi connectivity index (χ2n) is 8.41. The fourth-order valence-corrected chi connectivity index (χ4v) is 6.39. The molecular weight excluding hydrogens is 539 g/mol. The fourth-order valence-electron chi connectivity index (χ4n) is 4.26. The van der Waals surface area contributed by atoms with Crippen LogP contribution in [-0.4, -0.2) is 61.9 Å². The summed E-state index contributed by atoms with van der Waals surface area (Å²) < 4.78 is 34.9. The smallest absolute Gasteiger partial charge is 0.324 e. The van der Waals surface area contributed by atoms with Crippen LogP contribution in [0.3, 0.4) is 0 Å². The van der Waals surface area contributed by atoms with E-state index in [0.29, 0.717) is 24.4 Å². The van der Waals surface area contributed by atoms with Gasteiger partial charge < -0.3 is 19.3 Å². The molecule has 9 nitrogen and oxygen atoms in total. The number of anilines is 2. The van der Waals surface area contributed by atoms with Gasteiger partial charge >= 0.3 is 5.97 Å². The number of pyridine rings is 1. The first-order valence-corrected chi connectivity index (χ1v) is 13.5. The Hall–Kier alpha value is -3.31. The van der Waals surface area contributed by atoms with E-state index < -0.39 is 22.5 Å². The number of fused-ring (bicyclic) bond motifs is 1. The van der Waals surface area contributed by atoms with Crippen LogP contribution >= 0.6 is 23.2 Å². The lowest BCUT2D eigenvalue weighted by Crippen LogP contribution is -2.36. The quantitative estimate of drug-likeness (QED) is 0.356. The van der Waals surface area contributed by atoms with Crippen molar-refractivity contribution in [3.05, 3.63) is 77.0 Å². The number of carboxylic acid groups (broad SMARTS) is 1. The predicted molar refractivity (Wildman–Crippen MR) is 143 cm³/mol. The highest BCUT2D eigenvalue weighted by molar-refractivity contribution is 7.92. The molecule has 5 rings (SSSR count). The van der Waals surface area contributed by atoms with Crippen molar-refractivity contribution in [3.63, 3.8) is 0 Å². The third kappa shape index (κ3) is 5.24. The van der Waals surface area contributed by atoms with Crippen LogP contribution in [0, 0.1) is 0 Å². The Morgan fingerprint density at radius 3 is 2.41 bits per heavy atom. The summed E-state index contributed by atoms with van der Waals surface area (Å²) in [7, 11) is -4.27. The molecule has 0 unspecified atom stereocenters. The number of aliphatic carboxylic acids is 1. The van der Waals surface area contributed by atoms with Gasteiger partial charge in [-0.2, -0.15) is 0 Å².